The minimum Gasteiger partial charge on any atom is -0.393 e. The van der Waals surface area contributed by atoms with Crippen LogP contribution in [0.15, 0.2) is 12.3 Å². The van der Waals surface area contributed by atoms with Crippen LogP contribution in [-0.2, 0) is 0 Å². The molecule has 16 heavy (non-hydrogen) atoms. The molecule has 1 aromatic rings. The zero-order valence-corrected chi connectivity index (χ0v) is 9.26. The number of aliphatic hydroxyl groups excluding tert-OH is 1. The number of nitrogens with zero attached hydrogens (tertiary/aromatic N) is 2. The Bertz CT molecular complexity index is 345. The van der Waals surface area contributed by atoms with Gasteiger partial charge < -0.3 is 16.2 Å². The summed E-state index contributed by atoms with van der Waals surface area (Å²) >= 11 is 0. The van der Waals surface area contributed by atoms with Crippen LogP contribution in [0, 0.1) is 5.92 Å². The van der Waals surface area contributed by atoms with Gasteiger partial charge in [0.25, 0.3) is 0 Å². The van der Waals surface area contributed by atoms with E-state index in [1.165, 1.54) is 6.42 Å². The van der Waals surface area contributed by atoms with Gasteiger partial charge in [-0.15, -0.1) is 0 Å². The van der Waals surface area contributed by atoms with Crippen LogP contribution in [0.3, 0.4) is 0 Å². The van der Waals surface area contributed by atoms with Crippen molar-refractivity contribution in [3.63, 3.8) is 0 Å². The van der Waals surface area contributed by atoms with E-state index in [9.17, 15) is 5.11 Å². The molecule has 1 aliphatic carbocycles. The number of nitrogens with two attached hydrogens (primary N) is 1. The molecule has 0 aromatic carbocycles. The molecule has 2 unspecified atom stereocenters. The first-order valence-corrected chi connectivity index (χ1v) is 5.76. The van der Waals surface area contributed by atoms with Gasteiger partial charge in [0.1, 0.15) is 5.82 Å². The van der Waals surface area contributed by atoms with Gasteiger partial charge in [-0.25, -0.2) is 4.98 Å². The molecule has 0 amide bonds. The zero-order valence-electron chi connectivity index (χ0n) is 9.26. The van der Waals surface area contributed by atoms with E-state index in [4.69, 9.17) is 5.73 Å². The molecule has 1 fully saturated rings. The highest BCUT2D eigenvalue weighted by atomic mass is 16.3. The lowest BCUT2D eigenvalue weighted by Gasteiger charge is -2.27. The fraction of sp³-hybridized carbons (Fsp3) is 0.636. The molecule has 2 atom stereocenters. The van der Waals surface area contributed by atoms with Gasteiger partial charge >= 0.3 is 0 Å². The summed E-state index contributed by atoms with van der Waals surface area (Å²) in [6.45, 7) is 0.713. The molecule has 1 saturated carbocycles. The lowest BCUT2D eigenvalue weighted by molar-refractivity contribution is 0.0762. The average Bonchev–Trinajstić information content (AvgIpc) is 2.28. The molecule has 0 bridgehead atoms. The summed E-state index contributed by atoms with van der Waals surface area (Å²) in [6, 6.07) is 1.65. The minimum atomic E-state index is -0.192. The Morgan fingerprint density at radius 2 is 2.25 bits per heavy atom. The standard InChI is InChI=1S/C11H18N4O/c12-10-5-6-13-11(15-10)14-7-8-3-1-2-4-9(8)16/h5-6,8-9,16H,1-4,7H2,(H3,12,13,14,15). The predicted molar refractivity (Wildman–Crippen MR) is 62.9 cm³/mol. The van der Waals surface area contributed by atoms with E-state index < -0.39 is 0 Å². The molecule has 0 spiro atoms. The maximum absolute atomic E-state index is 9.80. The van der Waals surface area contributed by atoms with Crippen molar-refractivity contribution in [2.24, 2.45) is 5.92 Å². The van der Waals surface area contributed by atoms with E-state index in [0.29, 0.717) is 24.2 Å². The largest absolute Gasteiger partial charge is 0.393 e. The number of hydrogen-bond donors (Lipinski definition) is 3. The van der Waals surface area contributed by atoms with Crippen molar-refractivity contribution in [1.82, 2.24) is 9.97 Å². The van der Waals surface area contributed by atoms with E-state index in [2.05, 4.69) is 15.3 Å². The first kappa shape index (κ1) is 11.1. The summed E-state index contributed by atoms with van der Waals surface area (Å²) in [6.07, 6.45) is 5.73. The molecule has 0 aliphatic heterocycles. The SMILES string of the molecule is Nc1ccnc(NCC2CCCCC2O)n1. The van der Waals surface area contributed by atoms with Gasteiger partial charge in [-0.3, -0.25) is 0 Å². The Hall–Kier alpha value is -1.36. The molecular weight excluding hydrogens is 204 g/mol. The highest BCUT2D eigenvalue weighted by molar-refractivity contribution is 5.34. The van der Waals surface area contributed by atoms with Crippen molar-refractivity contribution in [3.8, 4) is 0 Å². The molecule has 5 heteroatoms. The maximum atomic E-state index is 9.80. The number of rotatable bonds is 3. The molecule has 0 saturated heterocycles. The average molecular weight is 222 g/mol. The second-order valence-corrected chi connectivity index (χ2v) is 4.30. The molecule has 4 N–H and O–H groups in total. The lowest BCUT2D eigenvalue weighted by Crippen LogP contribution is -2.30. The van der Waals surface area contributed by atoms with Crippen molar-refractivity contribution in [2.75, 3.05) is 17.6 Å². The summed E-state index contributed by atoms with van der Waals surface area (Å²) in [4.78, 5) is 8.12. The van der Waals surface area contributed by atoms with E-state index in [1.54, 1.807) is 12.3 Å². The van der Waals surface area contributed by atoms with Gasteiger partial charge in [0.2, 0.25) is 5.95 Å². The van der Waals surface area contributed by atoms with Gasteiger partial charge in [-0.2, -0.15) is 4.98 Å². The van der Waals surface area contributed by atoms with Crippen LogP contribution in [0.5, 0.6) is 0 Å². The zero-order chi connectivity index (χ0) is 11.4. The summed E-state index contributed by atoms with van der Waals surface area (Å²) in [5.41, 5.74) is 5.55. The fourth-order valence-electron chi connectivity index (χ4n) is 2.11. The van der Waals surface area contributed by atoms with Gasteiger partial charge in [0.15, 0.2) is 0 Å². The Balaban J connectivity index is 1.86. The van der Waals surface area contributed by atoms with Gasteiger partial charge in [0, 0.05) is 18.7 Å². The second-order valence-electron chi connectivity index (χ2n) is 4.30. The molecule has 1 heterocycles. The van der Waals surface area contributed by atoms with Gasteiger partial charge in [0.05, 0.1) is 6.10 Å². The fourth-order valence-corrected chi connectivity index (χ4v) is 2.11. The molecule has 5 nitrogen and oxygen atoms in total. The third-order valence-electron chi connectivity index (χ3n) is 3.07. The van der Waals surface area contributed by atoms with Crippen molar-refractivity contribution in [3.05, 3.63) is 12.3 Å². The number of aromatic nitrogens is 2. The molecule has 2 rings (SSSR count). The Labute approximate surface area is 95.1 Å². The smallest absolute Gasteiger partial charge is 0.224 e. The third kappa shape index (κ3) is 2.82. The van der Waals surface area contributed by atoms with Gasteiger partial charge in [-0.05, 0) is 18.9 Å². The molecule has 1 aromatic heterocycles. The quantitative estimate of drug-likeness (QED) is 0.711. The van der Waals surface area contributed by atoms with Crippen molar-refractivity contribution in [2.45, 2.75) is 31.8 Å². The van der Waals surface area contributed by atoms with Crippen LogP contribution in [-0.4, -0.2) is 27.7 Å². The highest BCUT2D eigenvalue weighted by Crippen LogP contribution is 2.24. The number of anilines is 2. The molecule has 1 aliphatic rings. The Morgan fingerprint density at radius 1 is 1.44 bits per heavy atom. The van der Waals surface area contributed by atoms with E-state index >= 15 is 0 Å². The normalized spacial score (nSPS) is 25.3. The van der Waals surface area contributed by atoms with Gasteiger partial charge in [-0.1, -0.05) is 12.8 Å². The van der Waals surface area contributed by atoms with E-state index in [1.807, 2.05) is 0 Å². The third-order valence-corrected chi connectivity index (χ3v) is 3.07. The van der Waals surface area contributed by atoms with Crippen LogP contribution in [0.2, 0.25) is 0 Å². The highest BCUT2D eigenvalue weighted by Gasteiger charge is 2.22. The Morgan fingerprint density at radius 3 is 3.00 bits per heavy atom. The summed E-state index contributed by atoms with van der Waals surface area (Å²) in [5, 5.41) is 12.9. The van der Waals surface area contributed by atoms with Crippen molar-refractivity contribution < 1.29 is 5.11 Å². The monoisotopic (exact) mass is 222 g/mol. The Kier molecular flexibility index (Phi) is 3.56. The molecule has 88 valence electrons. The second kappa shape index (κ2) is 5.12. The predicted octanol–water partition coefficient (Wildman–Crippen LogP) is 1.02. The molecular formula is C11H18N4O. The number of aliphatic hydroxyl groups is 1. The molecule has 0 radical (unpaired) electrons. The number of hydrogen-bond acceptors (Lipinski definition) is 5. The number of nitrogens with one attached hydrogen (secondary N) is 1. The summed E-state index contributed by atoms with van der Waals surface area (Å²) in [5.74, 6) is 1.30. The lowest BCUT2D eigenvalue weighted by atomic mass is 9.86. The van der Waals surface area contributed by atoms with Crippen molar-refractivity contribution >= 4 is 11.8 Å². The summed E-state index contributed by atoms with van der Waals surface area (Å²) in [7, 11) is 0. The topological polar surface area (TPSA) is 84.1 Å². The van der Waals surface area contributed by atoms with Crippen molar-refractivity contribution in [1.29, 1.82) is 0 Å². The first-order valence-electron chi connectivity index (χ1n) is 5.76. The number of nitrogen functional groups attached to an aromatic ring is 1. The minimum absolute atomic E-state index is 0.192. The summed E-state index contributed by atoms with van der Waals surface area (Å²) < 4.78 is 0. The van der Waals surface area contributed by atoms with Crippen LogP contribution in [0.1, 0.15) is 25.7 Å². The maximum Gasteiger partial charge on any atom is 0.224 e. The van der Waals surface area contributed by atoms with Crippen LogP contribution >= 0.6 is 0 Å². The van der Waals surface area contributed by atoms with Crippen LogP contribution in [0.25, 0.3) is 0 Å². The van der Waals surface area contributed by atoms with E-state index in [0.717, 1.165) is 19.3 Å². The van der Waals surface area contributed by atoms with Crippen LogP contribution in [0.4, 0.5) is 11.8 Å². The first-order chi connectivity index (χ1) is 7.75. The van der Waals surface area contributed by atoms with E-state index in [-0.39, 0.29) is 6.10 Å². The van der Waals surface area contributed by atoms with Crippen LogP contribution < -0.4 is 11.1 Å².